The molecule has 1 rings (SSSR count). The van der Waals surface area contributed by atoms with Gasteiger partial charge in [-0.15, -0.1) is 0 Å². The predicted molar refractivity (Wildman–Crippen MR) is 49.4 cm³/mol. The number of aliphatic hydroxyl groups is 1. The van der Waals surface area contributed by atoms with Gasteiger partial charge in [-0.3, -0.25) is 4.79 Å². The first-order chi connectivity index (χ1) is 7.00. The number of aliphatic hydroxyl groups excluding tert-OH is 1. The molecule has 6 heteroatoms. The van der Waals surface area contributed by atoms with E-state index in [0.29, 0.717) is 11.3 Å². The molecule has 1 amide bonds. The number of aliphatic carboxylic acids is 1. The van der Waals surface area contributed by atoms with E-state index in [1.54, 1.807) is 6.92 Å². The van der Waals surface area contributed by atoms with Gasteiger partial charge in [-0.05, 0) is 13.0 Å². The minimum atomic E-state index is -1.60. The van der Waals surface area contributed by atoms with Gasteiger partial charge in [0.15, 0.2) is 6.10 Å². The summed E-state index contributed by atoms with van der Waals surface area (Å²) in [6.45, 7) is 1.35. The average molecular weight is 213 g/mol. The van der Waals surface area contributed by atoms with Gasteiger partial charge in [0.05, 0.1) is 12.1 Å². The van der Waals surface area contributed by atoms with E-state index in [0.717, 1.165) is 0 Å². The first kappa shape index (κ1) is 11.3. The maximum Gasteiger partial charge on any atom is 0.334 e. The van der Waals surface area contributed by atoms with Crippen LogP contribution >= 0.6 is 0 Å². The number of hydrogen-bond acceptors (Lipinski definition) is 4. The Labute approximate surface area is 85.5 Å². The molecule has 1 atom stereocenters. The quantitative estimate of drug-likeness (QED) is 0.641. The zero-order valence-electron chi connectivity index (χ0n) is 8.06. The lowest BCUT2D eigenvalue weighted by atomic mass is 10.3. The number of carboxylic acid groups (broad SMARTS) is 1. The summed E-state index contributed by atoms with van der Waals surface area (Å²) in [6, 6.07) is 1.52. The summed E-state index contributed by atoms with van der Waals surface area (Å²) in [5, 5.41) is 19.5. The number of carbonyl (C=O) groups excluding carboxylic acids is 1. The van der Waals surface area contributed by atoms with Crippen molar-refractivity contribution in [3.05, 3.63) is 23.7 Å². The van der Waals surface area contributed by atoms with Crippen LogP contribution in [0.3, 0.4) is 0 Å². The van der Waals surface area contributed by atoms with E-state index >= 15 is 0 Å². The fraction of sp³-hybridized carbons (Fsp3) is 0.333. The molecule has 0 radical (unpaired) electrons. The summed E-state index contributed by atoms with van der Waals surface area (Å²) >= 11 is 0. The Kier molecular flexibility index (Phi) is 3.46. The highest BCUT2D eigenvalue weighted by atomic mass is 16.4. The molecular formula is C9H11NO5. The lowest BCUT2D eigenvalue weighted by Gasteiger charge is -2.05. The zero-order valence-corrected chi connectivity index (χ0v) is 8.06. The highest BCUT2D eigenvalue weighted by molar-refractivity contribution is 5.94. The van der Waals surface area contributed by atoms with Crippen molar-refractivity contribution in [2.45, 2.75) is 13.0 Å². The molecule has 82 valence electrons. The lowest BCUT2D eigenvalue weighted by Crippen LogP contribution is -2.36. The van der Waals surface area contributed by atoms with Crippen LogP contribution in [0, 0.1) is 6.92 Å². The van der Waals surface area contributed by atoms with Gasteiger partial charge in [0.25, 0.3) is 5.91 Å². The lowest BCUT2D eigenvalue weighted by molar-refractivity contribution is -0.146. The Morgan fingerprint density at radius 2 is 2.27 bits per heavy atom. The maximum atomic E-state index is 11.3. The summed E-state index contributed by atoms with van der Waals surface area (Å²) in [5.41, 5.74) is 0.296. The first-order valence-electron chi connectivity index (χ1n) is 4.25. The van der Waals surface area contributed by atoms with Crippen LogP contribution in [0.25, 0.3) is 0 Å². The van der Waals surface area contributed by atoms with Crippen LogP contribution in [0.2, 0.25) is 0 Å². The number of rotatable bonds is 4. The second-order valence-corrected chi connectivity index (χ2v) is 3.01. The fourth-order valence-corrected chi connectivity index (χ4v) is 0.941. The molecule has 1 aromatic heterocycles. The molecule has 0 aliphatic rings. The summed E-state index contributed by atoms with van der Waals surface area (Å²) in [5.74, 6) is -1.27. The van der Waals surface area contributed by atoms with Gasteiger partial charge < -0.3 is 19.9 Å². The first-order valence-corrected chi connectivity index (χ1v) is 4.25. The van der Waals surface area contributed by atoms with Gasteiger partial charge in [0.2, 0.25) is 0 Å². The minimum absolute atomic E-state index is 0.296. The zero-order chi connectivity index (χ0) is 11.4. The van der Waals surface area contributed by atoms with Crippen LogP contribution < -0.4 is 5.32 Å². The summed E-state index contributed by atoms with van der Waals surface area (Å²) in [4.78, 5) is 21.5. The molecular weight excluding hydrogens is 202 g/mol. The van der Waals surface area contributed by atoms with E-state index in [1.807, 2.05) is 0 Å². The monoisotopic (exact) mass is 213 g/mol. The molecule has 0 aliphatic carbocycles. The third-order valence-electron chi connectivity index (χ3n) is 1.73. The van der Waals surface area contributed by atoms with Crippen LogP contribution in [-0.2, 0) is 4.79 Å². The Bertz CT molecular complexity index is 370. The summed E-state index contributed by atoms with van der Waals surface area (Å²) < 4.78 is 4.90. The van der Waals surface area contributed by atoms with Gasteiger partial charge in [-0.2, -0.15) is 0 Å². The average Bonchev–Trinajstić information content (AvgIpc) is 2.60. The van der Waals surface area contributed by atoms with E-state index < -0.39 is 18.0 Å². The van der Waals surface area contributed by atoms with Gasteiger partial charge in [0.1, 0.15) is 12.0 Å². The van der Waals surface area contributed by atoms with E-state index in [4.69, 9.17) is 14.6 Å². The van der Waals surface area contributed by atoms with Crippen LogP contribution in [0.5, 0.6) is 0 Å². The SMILES string of the molecule is Cc1cc(C(=O)NCC(O)C(=O)O)co1. The molecule has 0 saturated carbocycles. The predicted octanol–water partition coefficient (Wildman–Crippen LogP) is -0.237. The smallest absolute Gasteiger partial charge is 0.334 e. The fourth-order valence-electron chi connectivity index (χ4n) is 0.941. The number of hydrogen-bond donors (Lipinski definition) is 3. The standard InChI is InChI=1S/C9H11NO5/c1-5-2-6(4-15-5)8(12)10-3-7(11)9(13)14/h2,4,7,11H,3H2,1H3,(H,10,12)(H,13,14). The van der Waals surface area contributed by atoms with Crippen molar-refractivity contribution < 1.29 is 24.2 Å². The minimum Gasteiger partial charge on any atom is -0.479 e. The van der Waals surface area contributed by atoms with Gasteiger partial charge in [0, 0.05) is 0 Å². The van der Waals surface area contributed by atoms with Crippen LogP contribution in [-0.4, -0.2) is 34.7 Å². The Morgan fingerprint density at radius 1 is 1.60 bits per heavy atom. The van der Waals surface area contributed by atoms with Crippen molar-refractivity contribution in [2.75, 3.05) is 6.54 Å². The molecule has 1 heterocycles. The molecule has 0 fully saturated rings. The van der Waals surface area contributed by atoms with E-state index in [9.17, 15) is 9.59 Å². The topological polar surface area (TPSA) is 99.8 Å². The second kappa shape index (κ2) is 4.61. The van der Waals surface area contributed by atoms with Gasteiger partial charge in [-0.1, -0.05) is 0 Å². The van der Waals surface area contributed by atoms with Crippen LogP contribution in [0.4, 0.5) is 0 Å². The Morgan fingerprint density at radius 3 is 2.73 bits per heavy atom. The van der Waals surface area contributed by atoms with E-state index in [-0.39, 0.29) is 6.54 Å². The maximum absolute atomic E-state index is 11.3. The second-order valence-electron chi connectivity index (χ2n) is 3.01. The third kappa shape index (κ3) is 3.10. The molecule has 0 saturated heterocycles. The molecule has 3 N–H and O–H groups in total. The highest BCUT2D eigenvalue weighted by Crippen LogP contribution is 2.05. The number of aryl methyl sites for hydroxylation is 1. The van der Waals surface area contributed by atoms with Crippen molar-refractivity contribution in [2.24, 2.45) is 0 Å². The number of nitrogens with one attached hydrogen (secondary N) is 1. The molecule has 1 aromatic rings. The number of amides is 1. The van der Waals surface area contributed by atoms with Gasteiger partial charge >= 0.3 is 5.97 Å². The third-order valence-corrected chi connectivity index (χ3v) is 1.73. The van der Waals surface area contributed by atoms with E-state index in [1.165, 1.54) is 12.3 Å². The molecule has 0 spiro atoms. The normalized spacial score (nSPS) is 12.1. The molecule has 1 unspecified atom stereocenters. The molecule has 15 heavy (non-hydrogen) atoms. The largest absolute Gasteiger partial charge is 0.479 e. The highest BCUT2D eigenvalue weighted by Gasteiger charge is 2.15. The number of furan rings is 1. The van der Waals surface area contributed by atoms with Crippen molar-refractivity contribution in [3.63, 3.8) is 0 Å². The molecule has 0 bridgehead atoms. The van der Waals surface area contributed by atoms with Crippen LogP contribution in [0.15, 0.2) is 16.7 Å². The van der Waals surface area contributed by atoms with E-state index in [2.05, 4.69) is 5.32 Å². The van der Waals surface area contributed by atoms with Crippen molar-refractivity contribution >= 4 is 11.9 Å². The number of carboxylic acids is 1. The Balaban J connectivity index is 2.47. The summed E-state index contributed by atoms with van der Waals surface area (Å²) in [6.07, 6.45) is -0.334. The van der Waals surface area contributed by atoms with Crippen molar-refractivity contribution in [1.29, 1.82) is 0 Å². The van der Waals surface area contributed by atoms with Gasteiger partial charge in [-0.25, -0.2) is 4.79 Å². The number of carbonyl (C=O) groups is 2. The molecule has 0 aliphatic heterocycles. The van der Waals surface area contributed by atoms with Crippen molar-refractivity contribution in [1.82, 2.24) is 5.32 Å². The molecule has 0 aromatic carbocycles. The van der Waals surface area contributed by atoms with Crippen molar-refractivity contribution in [3.8, 4) is 0 Å². The summed E-state index contributed by atoms with van der Waals surface area (Å²) in [7, 11) is 0. The van der Waals surface area contributed by atoms with Crippen LogP contribution in [0.1, 0.15) is 16.1 Å². The molecule has 6 nitrogen and oxygen atoms in total. The Hall–Kier alpha value is -1.82.